The smallest absolute Gasteiger partial charge is 0.269 e. The Balaban J connectivity index is 1.34. The van der Waals surface area contributed by atoms with Gasteiger partial charge in [-0.3, -0.25) is 15.0 Å². The molecule has 0 aliphatic carbocycles. The van der Waals surface area contributed by atoms with Gasteiger partial charge in [0.2, 0.25) is 0 Å². The highest BCUT2D eigenvalue weighted by atomic mass is 19.1. The molecule has 0 unspecified atom stereocenters. The summed E-state index contributed by atoms with van der Waals surface area (Å²) >= 11 is 0. The van der Waals surface area contributed by atoms with Crippen LogP contribution >= 0.6 is 0 Å². The van der Waals surface area contributed by atoms with Gasteiger partial charge in [-0.25, -0.2) is 14.1 Å². The van der Waals surface area contributed by atoms with E-state index in [0.717, 1.165) is 37.4 Å². The lowest BCUT2D eigenvalue weighted by Gasteiger charge is -2.35. The van der Waals surface area contributed by atoms with E-state index in [2.05, 4.69) is 19.9 Å². The van der Waals surface area contributed by atoms with E-state index >= 15 is 0 Å². The lowest BCUT2D eigenvalue weighted by Crippen LogP contribution is -2.46. The minimum Gasteiger partial charge on any atom is -0.369 e. The number of hydrogen-bond acceptors (Lipinski definition) is 6. The molecule has 0 N–H and O–H groups in total. The molecule has 9 heteroatoms. The van der Waals surface area contributed by atoms with Crippen LogP contribution in [0.3, 0.4) is 0 Å². The fraction of sp³-hybridized carbons (Fsp3) is 0.263. The zero-order chi connectivity index (χ0) is 19.5. The van der Waals surface area contributed by atoms with Crippen molar-refractivity contribution < 1.29 is 9.31 Å². The topological polar surface area (TPSA) is 80.3 Å². The monoisotopic (exact) mass is 382 g/mol. The highest BCUT2D eigenvalue weighted by Crippen LogP contribution is 2.20. The second-order valence-corrected chi connectivity index (χ2v) is 6.63. The number of nitro groups is 1. The number of rotatable bonds is 5. The molecule has 0 bridgehead atoms. The number of nitrogens with zero attached hydrogens (tertiary/aromatic N) is 6. The van der Waals surface area contributed by atoms with Crippen molar-refractivity contribution in [1.29, 1.82) is 0 Å². The van der Waals surface area contributed by atoms with Crippen LogP contribution in [-0.2, 0) is 6.67 Å². The van der Waals surface area contributed by atoms with Crippen LogP contribution in [0, 0.1) is 15.9 Å². The Labute approximate surface area is 161 Å². The summed E-state index contributed by atoms with van der Waals surface area (Å²) in [6.07, 6.45) is 1.67. The third kappa shape index (κ3) is 3.99. The quantitative estimate of drug-likeness (QED) is 0.499. The minimum atomic E-state index is -0.429. The third-order valence-corrected chi connectivity index (χ3v) is 4.78. The molecule has 0 radical (unpaired) electrons. The van der Waals surface area contributed by atoms with Gasteiger partial charge in [-0.15, -0.1) is 5.10 Å². The first-order valence-electron chi connectivity index (χ1n) is 8.96. The first kappa shape index (κ1) is 18.1. The second-order valence-electron chi connectivity index (χ2n) is 6.63. The maximum absolute atomic E-state index is 13.1. The molecule has 0 atom stereocenters. The van der Waals surface area contributed by atoms with Gasteiger partial charge in [-0.1, -0.05) is 0 Å². The number of hydrogen-bond donors (Lipinski definition) is 0. The molecule has 3 aromatic rings. The van der Waals surface area contributed by atoms with Crippen molar-refractivity contribution in [3.05, 3.63) is 70.8 Å². The summed E-state index contributed by atoms with van der Waals surface area (Å²) in [5.74, 6) is 0.317. The zero-order valence-corrected chi connectivity index (χ0v) is 15.1. The number of benzene rings is 2. The van der Waals surface area contributed by atoms with Crippen LogP contribution in [0.4, 0.5) is 15.8 Å². The molecule has 1 aliphatic rings. The van der Waals surface area contributed by atoms with Gasteiger partial charge in [0.05, 0.1) is 11.6 Å². The molecular formula is C19H19FN6O2. The molecule has 0 amide bonds. The van der Waals surface area contributed by atoms with Gasteiger partial charge in [0.15, 0.2) is 5.82 Å². The van der Waals surface area contributed by atoms with Crippen molar-refractivity contribution in [2.24, 2.45) is 0 Å². The van der Waals surface area contributed by atoms with Crippen LogP contribution in [0.1, 0.15) is 0 Å². The van der Waals surface area contributed by atoms with Crippen molar-refractivity contribution in [3.8, 4) is 11.4 Å². The maximum atomic E-state index is 13.1. The van der Waals surface area contributed by atoms with Crippen LogP contribution < -0.4 is 4.90 Å². The van der Waals surface area contributed by atoms with E-state index in [9.17, 15) is 14.5 Å². The molecule has 1 aromatic heterocycles. The lowest BCUT2D eigenvalue weighted by atomic mass is 10.2. The molecule has 1 saturated heterocycles. The molecule has 144 valence electrons. The number of nitro benzene ring substituents is 1. The van der Waals surface area contributed by atoms with Gasteiger partial charge in [0.25, 0.3) is 5.69 Å². The summed E-state index contributed by atoms with van der Waals surface area (Å²) < 4.78 is 14.8. The number of aromatic nitrogens is 3. The number of anilines is 1. The van der Waals surface area contributed by atoms with Crippen molar-refractivity contribution in [2.75, 3.05) is 31.1 Å². The number of piperazine rings is 1. The fourth-order valence-electron chi connectivity index (χ4n) is 3.23. The Morgan fingerprint density at radius 3 is 2.32 bits per heavy atom. The van der Waals surface area contributed by atoms with Gasteiger partial charge < -0.3 is 4.90 Å². The largest absolute Gasteiger partial charge is 0.369 e. The van der Waals surface area contributed by atoms with E-state index < -0.39 is 4.92 Å². The van der Waals surface area contributed by atoms with Gasteiger partial charge in [-0.05, 0) is 36.4 Å². The van der Waals surface area contributed by atoms with Gasteiger partial charge in [-0.2, -0.15) is 0 Å². The first-order chi connectivity index (χ1) is 13.6. The molecule has 28 heavy (non-hydrogen) atoms. The SMILES string of the molecule is O=[N+]([O-])c1ccc(-c2ncn(CN3CCN(c4ccc(F)cc4)CC3)n2)cc1. The normalized spacial score (nSPS) is 15.0. The average Bonchev–Trinajstić information content (AvgIpc) is 3.18. The van der Waals surface area contributed by atoms with E-state index in [1.54, 1.807) is 35.3 Å². The van der Waals surface area contributed by atoms with E-state index in [-0.39, 0.29) is 11.5 Å². The Bertz CT molecular complexity index is 949. The number of halogens is 1. The van der Waals surface area contributed by atoms with Crippen molar-refractivity contribution in [1.82, 2.24) is 19.7 Å². The summed E-state index contributed by atoms with van der Waals surface area (Å²) in [5.41, 5.74) is 1.81. The Hall–Kier alpha value is -3.33. The van der Waals surface area contributed by atoms with Gasteiger partial charge in [0.1, 0.15) is 12.1 Å². The van der Waals surface area contributed by atoms with Gasteiger partial charge >= 0.3 is 0 Å². The predicted octanol–water partition coefficient (Wildman–Crippen LogP) is 2.77. The van der Waals surface area contributed by atoms with Crippen LogP contribution in [0.25, 0.3) is 11.4 Å². The zero-order valence-electron chi connectivity index (χ0n) is 15.1. The van der Waals surface area contributed by atoms with Crippen molar-refractivity contribution >= 4 is 11.4 Å². The fourth-order valence-corrected chi connectivity index (χ4v) is 3.23. The lowest BCUT2D eigenvalue weighted by molar-refractivity contribution is -0.384. The van der Waals surface area contributed by atoms with E-state index in [0.29, 0.717) is 12.5 Å². The number of non-ortho nitro benzene ring substituents is 1. The van der Waals surface area contributed by atoms with Crippen LogP contribution in [-0.4, -0.2) is 50.8 Å². The Morgan fingerprint density at radius 1 is 1.00 bits per heavy atom. The second kappa shape index (κ2) is 7.73. The first-order valence-corrected chi connectivity index (χ1v) is 8.96. The molecule has 1 fully saturated rings. The Kier molecular flexibility index (Phi) is 4.98. The van der Waals surface area contributed by atoms with Crippen LogP contribution in [0.2, 0.25) is 0 Å². The summed E-state index contributed by atoms with van der Waals surface area (Å²) in [5, 5.41) is 15.2. The highest BCUT2D eigenvalue weighted by Gasteiger charge is 2.18. The average molecular weight is 382 g/mol. The van der Waals surface area contributed by atoms with Crippen molar-refractivity contribution in [2.45, 2.75) is 6.67 Å². The van der Waals surface area contributed by atoms with E-state index in [1.165, 1.54) is 24.3 Å². The van der Waals surface area contributed by atoms with Gasteiger partial charge in [0, 0.05) is 49.6 Å². The summed E-state index contributed by atoms with van der Waals surface area (Å²) in [6.45, 7) is 4.07. The Morgan fingerprint density at radius 2 is 1.68 bits per heavy atom. The standard InChI is InChI=1S/C19H19FN6O2/c20-16-3-7-17(8-4-16)24-11-9-23(10-12-24)14-25-13-21-19(22-25)15-1-5-18(6-2-15)26(27)28/h1-8,13H,9-12,14H2. The maximum Gasteiger partial charge on any atom is 0.269 e. The molecule has 4 rings (SSSR count). The summed E-state index contributed by atoms with van der Waals surface area (Å²) in [7, 11) is 0. The minimum absolute atomic E-state index is 0.0437. The van der Waals surface area contributed by atoms with E-state index in [1.807, 2.05) is 0 Å². The molecule has 0 spiro atoms. The molecule has 2 heterocycles. The molecule has 1 aliphatic heterocycles. The summed E-state index contributed by atoms with van der Waals surface area (Å²) in [4.78, 5) is 19.1. The van der Waals surface area contributed by atoms with Crippen molar-refractivity contribution in [3.63, 3.8) is 0 Å². The highest BCUT2D eigenvalue weighted by molar-refractivity contribution is 5.56. The van der Waals surface area contributed by atoms with Crippen LogP contribution in [0.5, 0.6) is 0 Å². The van der Waals surface area contributed by atoms with Crippen LogP contribution in [0.15, 0.2) is 54.9 Å². The summed E-state index contributed by atoms with van der Waals surface area (Å²) in [6, 6.07) is 12.8. The molecule has 8 nitrogen and oxygen atoms in total. The predicted molar refractivity (Wildman–Crippen MR) is 102 cm³/mol. The third-order valence-electron chi connectivity index (χ3n) is 4.78. The molecule has 2 aromatic carbocycles. The van der Waals surface area contributed by atoms with E-state index in [4.69, 9.17) is 0 Å². The molecule has 0 saturated carbocycles. The molecular weight excluding hydrogens is 363 g/mol.